The Morgan fingerprint density at radius 1 is 1.12 bits per heavy atom. The number of aliphatic hydroxyl groups is 2. The number of hydrogen-bond acceptors (Lipinski definition) is 4. The first kappa shape index (κ1) is 24.9. The van der Waals surface area contributed by atoms with E-state index in [4.69, 9.17) is 0 Å². The maximum absolute atomic E-state index is 13.9. The third kappa shape index (κ3) is 3.54. The minimum absolute atomic E-state index is 0.0228. The van der Waals surface area contributed by atoms with E-state index in [1.54, 1.807) is 0 Å². The molecule has 0 unspecified atom stereocenters. The van der Waals surface area contributed by atoms with Crippen LogP contribution in [0.5, 0.6) is 0 Å². The van der Waals surface area contributed by atoms with Gasteiger partial charge in [0.1, 0.15) is 6.10 Å². The molecule has 0 saturated heterocycles. The summed E-state index contributed by atoms with van der Waals surface area (Å²) in [5.41, 5.74) is 1.60. The van der Waals surface area contributed by atoms with Crippen LogP contribution in [0.25, 0.3) is 0 Å². The lowest BCUT2D eigenvalue weighted by Crippen LogP contribution is -2.58. The molecule has 4 aliphatic carbocycles. The molecule has 0 aliphatic heterocycles. The second-order valence-corrected chi connectivity index (χ2v) is 12.6. The zero-order valence-corrected chi connectivity index (χ0v) is 21.5. The normalized spacial score (nSPS) is 43.9. The number of Topliss-reactive ketones (excluding diaryl/α,β-unsaturated/α-hetero) is 2. The molecule has 0 aromatic heterocycles. The Hall–Kier alpha value is -1.26. The summed E-state index contributed by atoms with van der Waals surface area (Å²) in [7, 11) is 0. The first-order valence-electron chi connectivity index (χ1n) is 13.2. The molecule has 33 heavy (non-hydrogen) atoms. The highest BCUT2D eigenvalue weighted by Crippen LogP contribution is 2.65. The van der Waals surface area contributed by atoms with Crippen LogP contribution in [0.4, 0.5) is 0 Å². The zero-order valence-electron chi connectivity index (χ0n) is 21.5. The minimum atomic E-state index is -1.06. The highest BCUT2D eigenvalue weighted by molar-refractivity contribution is 6.12. The summed E-state index contributed by atoms with van der Waals surface area (Å²) in [6.45, 7) is 17.0. The SMILES string of the molecule is C=C(CC[C@@H](C)[C@H]1CC[C@H]2C3=C(C(=O)[C@H](O)[C@]12C)[C@@]1(C)CC[C@@H](O)[C@@H](C)[C@@H]1CC3=O)C(C)C. The molecule has 0 radical (unpaired) electrons. The van der Waals surface area contributed by atoms with Crippen LogP contribution in [0.1, 0.15) is 86.5 Å². The summed E-state index contributed by atoms with van der Waals surface area (Å²) < 4.78 is 0. The second kappa shape index (κ2) is 8.45. The Morgan fingerprint density at radius 2 is 1.79 bits per heavy atom. The summed E-state index contributed by atoms with van der Waals surface area (Å²) in [6.07, 6.45) is 4.05. The molecule has 0 bridgehead atoms. The van der Waals surface area contributed by atoms with Crippen molar-refractivity contribution < 1.29 is 19.8 Å². The smallest absolute Gasteiger partial charge is 0.188 e. The standard InChI is InChI=1S/C29H44O4/c1-15(2)16(3)8-9-17(4)19-10-11-20-24-23(31)14-21-18(5)22(30)12-13-28(21,6)25(24)26(32)27(33)29(19,20)7/h15,17-22,27,30,33H,3,8-14H2,1-2,4-7H3/t17-,18+,19-,20+,21+,22-,27+,28+,29-/m1/s1. The van der Waals surface area contributed by atoms with Gasteiger partial charge in [-0.2, -0.15) is 0 Å². The van der Waals surface area contributed by atoms with E-state index in [2.05, 4.69) is 41.2 Å². The summed E-state index contributed by atoms with van der Waals surface area (Å²) in [5, 5.41) is 22.1. The van der Waals surface area contributed by atoms with Crippen molar-refractivity contribution in [3.8, 4) is 0 Å². The zero-order chi connectivity index (χ0) is 24.5. The first-order chi connectivity index (χ1) is 15.4. The van der Waals surface area contributed by atoms with Gasteiger partial charge in [-0.15, -0.1) is 0 Å². The van der Waals surface area contributed by atoms with Gasteiger partial charge in [-0.1, -0.05) is 53.7 Å². The number of carbonyl (C=O) groups is 2. The Kier molecular flexibility index (Phi) is 6.36. The lowest BCUT2D eigenvalue weighted by atomic mass is 9.47. The summed E-state index contributed by atoms with van der Waals surface area (Å²) in [4.78, 5) is 27.5. The molecule has 2 saturated carbocycles. The molecule has 9 atom stereocenters. The Labute approximate surface area is 199 Å². The topological polar surface area (TPSA) is 74.6 Å². The fourth-order valence-corrected chi connectivity index (χ4v) is 8.30. The molecule has 4 nitrogen and oxygen atoms in total. The number of carbonyl (C=O) groups excluding carboxylic acids is 2. The molecule has 0 aromatic carbocycles. The second-order valence-electron chi connectivity index (χ2n) is 12.6. The predicted molar refractivity (Wildman–Crippen MR) is 130 cm³/mol. The Balaban J connectivity index is 1.71. The van der Waals surface area contributed by atoms with E-state index < -0.39 is 23.0 Å². The van der Waals surface area contributed by atoms with E-state index in [9.17, 15) is 19.8 Å². The molecule has 0 amide bonds. The van der Waals surface area contributed by atoms with Crippen LogP contribution >= 0.6 is 0 Å². The molecule has 4 rings (SSSR count). The first-order valence-corrected chi connectivity index (χ1v) is 13.2. The molecule has 0 spiro atoms. The van der Waals surface area contributed by atoms with E-state index in [1.807, 2.05) is 6.92 Å². The van der Waals surface area contributed by atoms with Gasteiger partial charge in [0.05, 0.1) is 6.10 Å². The van der Waals surface area contributed by atoms with Crippen molar-refractivity contribution in [1.82, 2.24) is 0 Å². The van der Waals surface area contributed by atoms with Gasteiger partial charge in [-0.25, -0.2) is 0 Å². The van der Waals surface area contributed by atoms with Crippen molar-refractivity contribution in [2.45, 2.75) is 98.7 Å². The number of aliphatic hydroxyl groups excluding tert-OH is 2. The molecule has 2 N–H and O–H groups in total. The summed E-state index contributed by atoms with van der Waals surface area (Å²) >= 11 is 0. The number of ketones is 2. The van der Waals surface area contributed by atoms with E-state index in [1.165, 1.54) is 5.57 Å². The van der Waals surface area contributed by atoms with Gasteiger partial charge in [0.25, 0.3) is 0 Å². The van der Waals surface area contributed by atoms with Gasteiger partial charge < -0.3 is 10.2 Å². The van der Waals surface area contributed by atoms with Crippen molar-refractivity contribution in [3.05, 3.63) is 23.3 Å². The van der Waals surface area contributed by atoms with E-state index in [0.29, 0.717) is 36.7 Å². The maximum Gasteiger partial charge on any atom is 0.188 e. The molecule has 2 fully saturated rings. The Morgan fingerprint density at radius 3 is 2.42 bits per heavy atom. The van der Waals surface area contributed by atoms with Crippen LogP contribution < -0.4 is 0 Å². The monoisotopic (exact) mass is 456 g/mol. The average Bonchev–Trinajstić information content (AvgIpc) is 3.12. The predicted octanol–water partition coefficient (Wildman–Crippen LogP) is 5.27. The number of rotatable bonds is 5. The highest BCUT2D eigenvalue weighted by Gasteiger charge is 2.64. The fourth-order valence-electron chi connectivity index (χ4n) is 8.30. The number of allylic oxidation sites excluding steroid dienone is 2. The number of fused-ring (bicyclic) bond motifs is 4. The minimum Gasteiger partial charge on any atom is -0.393 e. The van der Waals surface area contributed by atoms with Crippen LogP contribution in [0.2, 0.25) is 0 Å². The van der Waals surface area contributed by atoms with Crippen molar-refractivity contribution in [2.24, 2.45) is 46.3 Å². The van der Waals surface area contributed by atoms with Gasteiger partial charge >= 0.3 is 0 Å². The molecular formula is C29H44O4. The third-order valence-electron chi connectivity index (χ3n) is 10.7. The quantitative estimate of drug-likeness (QED) is 0.553. The highest BCUT2D eigenvalue weighted by atomic mass is 16.3. The lowest BCUT2D eigenvalue weighted by Gasteiger charge is -2.56. The van der Waals surface area contributed by atoms with Gasteiger partial charge in [0.2, 0.25) is 0 Å². The third-order valence-corrected chi connectivity index (χ3v) is 10.7. The van der Waals surface area contributed by atoms with Gasteiger partial charge in [0, 0.05) is 28.4 Å². The number of hydrogen-bond donors (Lipinski definition) is 2. The van der Waals surface area contributed by atoms with Gasteiger partial charge in [-0.3, -0.25) is 9.59 Å². The fraction of sp³-hybridized carbons (Fsp3) is 0.793. The average molecular weight is 457 g/mol. The summed E-state index contributed by atoms with van der Waals surface area (Å²) in [5.74, 6) is 0.798. The Bertz CT molecular complexity index is 884. The lowest BCUT2D eigenvalue weighted by molar-refractivity contribution is -0.145. The van der Waals surface area contributed by atoms with E-state index in [0.717, 1.165) is 31.3 Å². The van der Waals surface area contributed by atoms with Crippen molar-refractivity contribution in [3.63, 3.8) is 0 Å². The largest absolute Gasteiger partial charge is 0.393 e. The molecule has 184 valence electrons. The van der Waals surface area contributed by atoms with Crippen LogP contribution in [0.15, 0.2) is 23.3 Å². The van der Waals surface area contributed by atoms with Crippen LogP contribution in [-0.4, -0.2) is 34.0 Å². The summed E-state index contributed by atoms with van der Waals surface area (Å²) in [6, 6.07) is 0. The molecular weight excluding hydrogens is 412 g/mol. The van der Waals surface area contributed by atoms with Crippen LogP contribution in [-0.2, 0) is 9.59 Å². The van der Waals surface area contributed by atoms with Crippen molar-refractivity contribution in [1.29, 1.82) is 0 Å². The molecule has 4 heteroatoms. The maximum atomic E-state index is 13.9. The van der Waals surface area contributed by atoms with Crippen LogP contribution in [0, 0.1) is 46.3 Å². The van der Waals surface area contributed by atoms with E-state index in [-0.39, 0.29) is 35.2 Å². The molecule has 4 aliphatic rings. The van der Waals surface area contributed by atoms with Crippen molar-refractivity contribution in [2.75, 3.05) is 0 Å². The van der Waals surface area contributed by atoms with Crippen LogP contribution in [0.3, 0.4) is 0 Å². The van der Waals surface area contributed by atoms with Crippen molar-refractivity contribution >= 4 is 11.6 Å². The van der Waals surface area contributed by atoms with Gasteiger partial charge in [-0.05, 0) is 74.0 Å². The van der Waals surface area contributed by atoms with E-state index >= 15 is 0 Å². The molecule has 0 aromatic rings. The molecule has 0 heterocycles. The van der Waals surface area contributed by atoms with Gasteiger partial charge in [0.15, 0.2) is 11.6 Å².